The van der Waals surface area contributed by atoms with Crippen LogP contribution >= 0.6 is 0 Å². The van der Waals surface area contributed by atoms with Crippen LogP contribution in [0.1, 0.15) is 26.4 Å². The summed E-state index contributed by atoms with van der Waals surface area (Å²) in [5.41, 5.74) is 0.790. The third-order valence-electron chi connectivity index (χ3n) is 3.53. The highest BCUT2D eigenvalue weighted by Crippen LogP contribution is 2.23. The molecule has 8 nitrogen and oxygen atoms in total. The number of benzene rings is 1. The topological polar surface area (TPSA) is 121 Å². The van der Waals surface area contributed by atoms with Gasteiger partial charge in [0.05, 0.1) is 23.1 Å². The van der Waals surface area contributed by atoms with Crippen LogP contribution in [0.2, 0.25) is 0 Å². The molecule has 2 aromatic heterocycles. The van der Waals surface area contributed by atoms with Gasteiger partial charge in [0.2, 0.25) is 0 Å². The summed E-state index contributed by atoms with van der Waals surface area (Å²) in [5.74, 6) is -2.81. The molecule has 0 aliphatic carbocycles. The second-order valence-electron chi connectivity index (χ2n) is 5.17. The summed E-state index contributed by atoms with van der Waals surface area (Å²) in [4.78, 5) is 23.6. The maximum absolute atomic E-state index is 13.8. The molecule has 0 saturated heterocycles. The van der Waals surface area contributed by atoms with Crippen LogP contribution in [0.3, 0.4) is 0 Å². The van der Waals surface area contributed by atoms with Gasteiger partial charge in [0.25, 0.3) is 5.91 Å². The average molecular weight is 353 g/mol. The number of aromatic amines is 1. The monoisotopic (exact) mass is 353 g/mol. The molecule has 0 aliphatic rings. The van der Waals surface area contributed by atoms with Gasteiger partial charge in [-0.05, 0) is 24.3 Å². The average Bonchev–Trinajstić information content (AvgIpc) is 3.17. The molecule has 2 heterocycles. The van der Waals surface area contributed by atoms with Crippen molar-refractivity contribution in [1.82, 2.24) is 20.4 Å². The van der Waals surface area contributed by atoms with Gasteiger partial charge in [0.15, 0.2) is 5.69 Å². The molecular weight excluding hydrogens is 341 g/mol. The summed E-state index contributed by atoms with van der Waals surface area (Å²) in [6.07, 6.45) is 4.40. The highest BCUT2D eigenvalue weighted by molar-refractivity contribution is 6.07. The fraction of sp³-hybridized carbons (Fsp3) is 0. The van der Waals surface area contributed by atoms with Crippen LogP contribution in [0.15, 0.2) is 43.2 Å². The van der Waals surface area contributed by atoms with Gasteiger partial charge in [-0.15, -0.1) is 10.2 Å². The molecule has 0 bridgehead atoms. The Morgan fingerprint density at radius 1 is 1.27 bits per heavy atom. The van der Waals surface area contributed by atoms with E-state index in [1.807, 2.05) is 0 Å². The summed E-state index contributed by atoms with van der Waals surface area (Å²) in [6.45, 7) is 3.45. The van der Waals surface area contributed by atoms with E-state index in [4.69, 9.17) is 0 Å². The maximum atomic E-state index is 13.8. The van der Waals surface area contributed by atoms with Crippen molar-refractivity contribution >= 4 is 23.6 Å². The second-order valence-corrected chi connectivity index (χ2v) is 5.17. The molecule has 0 spiro atoms. The van der Waals surface area contributed by atoms with Gasteiger partial charge in [-0.2, -0.15) is 5.10 Å². The number of anilines is 1. The first-order valence-corrected chi connectivity index (χ1v) is 7.33. The van der Waals surface area contributed by atoms with Crippen LogP contribution in [0.25, 0.3) is 17.3 Å². The van der Waals surface area contributed by atoms with Crippen molar-refractivity contribution < 1.29 is 19.1 Å². The first kappa shape index (κ1) is 17.0. The Bertz CT molecular complexity index is 984. The highest BCUT2D eigenvalue weighted by atomic mass is 19.1. The van der Waals surface area contributed by atoms with Crippen LogP contribution in [0, 0.1) is 5.82 Å². The van der Waals surface area contributed by atoms with Crippen molar-refractivity contribution in [2.45, 2.75) is 0 Å². The number of nitrogens with one attached hydrogen (secondary N) is 2. The fourth-order valence-electron chi connectivity index (χ4n) is 2.21. The number of hydrogen-bond acceptors (Lipinski definition) is 5. The second kappa shape index (κ2) is 6.93. The summed E-state index contributed by atoms with van der Waals surface area (Å²) in [7, 11) is 0. The lowest BCUT2D eigenvalue weighted by Crippen LogP contribution is -2.17. The minimum atomic E-state index is -1.38. The maximum Gasteiger partial charge on any atom is 0.337 e. The van der Waals surface area contributed by atoms with E-state index in [1.54, 1.807) is 18.5 Å². The standard InChI is InChI=1S/C17H12FN5O3/c1-2-9-5-15(11(17(25)26)6-12(9)18)21-16(24)14-4-3-13(22-23-14)10-7-19-20-8-10/h2-8H,1H2,(H,19,20)(H,21,24)(H,25,26). The zero-order valence-electron chi connectivity index (χ0n) is 13.2. The molecule has 0 fully saturated rings. The van der Waals surface area contributed by atoms with E-state index < -0.39 is 17.7 Å². The molecule has 9 heteroatoms. The number of halogens is 1. The van der Waals surface area contributed by atoms with Gasteiger partial charge in [-0.25, -0.2) is 9.18 Å². The van der Waals surface area contributed by atoms with Gasteiger partial charge < -0.3 is 10.4 Å². The number of aromatic carboxylic acids is 1. The molecule has 26 heavy (non-hydrogen) atoms. The molecule has 130 valence electrons. The van der Waals surface area contributed by atoms with Crippen LogP contribution in [0.4, 0.5) is 10.1 Å². The number of nitrogens with zero attached hydrogens (tertiary/aromatic N) is 3. The Morgan fingerprint density at radius 2 is 2.08 bits per heavy atom. The van der Waals surface area contributed by atoms with E-state index in [0.29, 0.717) is 11.3 Å². The van der Waals surface area contributed by atoms with Crippen molar-refractivity contribution in [2.24, 2.45) is 0 Å². The third kappa shape index (κ3) is 3.31. The normalized spacial score (nSPS) is 10.3. The van der Waals surface area contributed by atoms with Gasteiger partial charge in [0, 0.05) is 17.3 Å². The van der Waals surface area contributed by atoms with Gasteiger partial charge in [-0.1, -0.05) is 12.7 Å². The Hall–Kier alpha value is -3.88. The first-order chi connectivity index (χ1) is 12.5. The first-order valence-electron chi connectivity index (χ1n) is 7.33. The lowest BCUT2D eigenvalue weighted by molar-refractivity contribution is 0.0697. The molecule has 0 unspecified atom stereocenters. The summed E-state index contributed by atoms with van der Waals surface area (Å²) >= 11 is 0. The van der Waals surface area contributed by atoms with Gasteiger partial charge in [-0.3, -0.25) is 9.89 Å². The van der Waals surface area contributed by atoms with Crippen molar-refractivity contribution in [2.75, 3.05) is 5.32 Å². The predicted octanol–water partition coefficient (Wildman–Crippen LogP) is 2.60. The minimum Gasteiger partial charge on any atom is -0.478 e. The lowest BCUT2D eigenvalue weighted by Gasteiger charge is -2.10. The molecule has 0 aliphatic heterocycles. The van der Waals surface area contributed by atoms with Crippen LogP contribution in [-0.4, -0.2) is 37.4 Å². The van der Waals surface area contributed by atoms with Gasteiger partial charge in [0.1, 0.15) is 5.82 Å². The molecule has 3 aromatic rings. The summed E-state index contributed by atoms with van der Waals surface area (Å²) in [6, 6.07) is 5.02. The zero-order chi connectivity index (χ0) is 18.7. The third-order valence-corrected chi connectivity index (χ3v) is 3.53. The molecule has 1 aromatic carbocycles. The Balaban J connectivity index is 1.88. The van der Waals surface area contributed by atoms with E-state index in [1.165, 1.54) is 18.2 Å². The number of rotatable bonds is 5. The highest BCUT2D eigenvalue weighted by Gasteiger charge is 2.18. The van der Waals surface area contributed by atoms with E-state index in [2.05, 4.69) is 32.3 Å². The fourth-order valence-corrected chi connectivity index (χ4v) is 2.21. The SMILES string of the molecule is C=Cc1cc(NC(=O)c2ccc(-c3cn[nH]c3)nn2)c(C(=O)O)cc1F. The van der Waals surface area contributed by atoms with E-state index in [-0.39, 0.29) is 22.5 Å². The van der Waals surface area contributed by atoms with Crippen LogP contribution in [-0.2, 0) is 0 Å². The molecule has 1 amide bonds. The van der Waals surface area contributed by atoms with Crippen molar-refractivity contribution in [3.8, 4) is 11.3 Å². The zero-order valence-corrected chi connectivity index (χ0v) is 13.2. The van der Waals surface area contributed by atoms with Gasteiger partial charge >= 0.3 is 5.97 Å². The predicted molar refractivity (Wildman–Crippen MR) is 91.0 cm³/mol. The Morgan fingerprint density at radius 3 is 2.65 bits per heavy atom. The molecule has 0 saturated carbocycles. The number of carboxylic acid groups (broad SMARTS) is 1. The molecule has 3 rings (SSSR count). The van der Waals surface area contributed by atoms with E-state index >= 15 is 0 Å². The number of carbonyl (C=O) groups is 2. The lowest BCUT2D eigenvalue weighted by atomic mass is 10.1. The number of amides is 1. The van der Waals surface area contributed by atoms with Crippen molar-refractivity contribution in [1.29, 1.82) is 0 Å². The minimum absolute atomic E-state index is 0.0296. The summed E-state index contributed by atoms with van der Waals surface area (Å²) in [5, 5.41) is 25.8. The number of H-pyrrole nitrogens is 1. The summed E-state index contributed by atoms with van der Waals surface area (Å²) < 4.78 is 13.8. The number of carboxylic acids is 1. The number of hydrogen-bond donors (Lipinski definition) is 3. The number of carbonyl (C=O) groups excluding carboxylic acids is 1. The van der Waals surface area contributed by atoms with Crippen molar-refractivity contribution in [3.05, 3.63) is 65.9 Å². The molecule has 0 radical (unpaired) electrons. The van der Waals surface area contributed by atoms with E-state index in [0.717, 1.165) is 6.07 Å². The molecule has 3 N–H and O–H groups in total. The van der Waals surface area contributed by atoms with Crippen LogP contribution in [0.5, 0.6) is 0 Å². The Labute approximate surface area is 146 Å². The Kier molecular flexibility index (Phi) is 4.52. The molecule has 0 atom stereocenters. The quantitative estimate of drug-likeness (QED) is 0.648. The molecular formula is C17H12FN5O3. The largest absolute Gasteiger partial charge is 0.478 e. The van der Waals surface area contributed by atoms with Crippen molar-refractivity contribution in [3.63, 3.8) is 0 Å². The smallest absolute Gasteiger partial charge is 0.337 e. The van der Waals surface area contributed by atoms with Crippen LogP contribution < -0.4 is 5.32 Å². The van der Waals surface area contributed by atoms with E-state index in [9.17, 15) is 19.1 Å². The number of aromatic nitrogens is 4.